The molecule has 1 fully saturated rings. The van der Waals surface area contributed by atoms with E-state index in [9.17, 15) is 5.26 Å². The first kappa shape index (κ1) is 10.8. The van der Waals surface area contributed by atoms with Crippen LogP contribution in [0.15, 0.2) is 0 Å². The lowest BCUT2D eigenvalue weighted by Crippen LogP contribution is -2.26. The number of aromatic nitrogens is 2. The standard InChI is InChI=1S/C13H18N4/c1-16-7-6-12-11(9-16)13(8-14)17(15-12)10-4-2-3-5-10/h10H,2-7,9H2,1H3. The van der Waals surface area contributed by atoms with E-state index in [0.717, 1.165) is 30.9 Å². The van der Waals surface area contributed by atoms with E-state index in [1.165, 1.54) is 31.2 Å². The van der Waals surface area contributed by atoms with Crippen LogP contribution in [0.2, 0.25) is 0 Å². The van der Waals surface area contributed by atoms with E-state index < -0.39 is 0 Å². The van der Waals surface area contributed by atoms with Crippen molar-refractivity contribution in [2.75, 3.05) is 13.6 Å². The number of hydrogen-bond donors (Lipinski definition) is 0. The first-order valence-electron chi connectivity index (χ1n) is 6.48. The SMILES string of the molecule is CN1CCc2nn(C3CCCC3)c(C#N)c2C1. The van der Waals surface area contributed by atoms with Gasteiger partial charge in [0.1, 0.15) is 11.8 Å². The van der Waals surface area contributed by atoms with E-state index in [1.54, 1.807) is 0 Å². The molecule has 17 heavy (non-hydrogen) atoms. The summed E-state index contributed by atoms with van der Waals surface area (Å²) in [6.07, 6.45) is 5.91. The van der Waals surface area contributed by atoms with Crippen molar-refractivity contribution >= 4 is 0 Å². The van der Waals surface area contributed by atoms with Gasteiger partial charge in [-0.3, -0.25) is 4.68 Å². The van der Waals surface area contributed by atoms with Crippen LogP contribution in [0.3, 0.4) is 0 Å². The van der Waals surface area contributed by atoms with Gasteiger partial charge in [0, 0.05) is 25.1 Å². The van der Waals surface area contributed by atoms with Crippen LogP contribution in [-0.4, -0.2) is 28.3 Å². The van der Waals surface area contributed by atoms with E-state index in [1.807, 2.05) is 4.68 Å². The Kier molecular flexibility index (Phi) is 2.64. The highest BCUT2D eigenvalue weighted by Gasteiger charge is 2.27. The smallest absolute Gasteiger partial charge is 0.143 e. The molecule has 0 atom stereocenters. The van der Waals surface area contributed by atoms with Crippen molar-refractivity contribution in [1.82, 2.24) is 14.7 Å². The fourth-order valence-electron chi connectivity index (χ4n) is 3.06. The summed E-state index contributed by atoms with van der Waals surface area (Å²) in [6.45, 7) is 1.94. The highest BCUT2D eigenvalue weighted by Crippen LogP contribution is 2.32. The van der Waals surface area contributed by atoms with Crippen LogP contribution in [0.4, 0.5) is 0 Å². The number of rotatable bonds is 1. The zero-order valence-electron chi connectivity index (χ0n) is 10.3. The third-order valence-corrected chi connectivity index (χ3v) is 4.03. The molecule has 2 heterocycles. The number of nitriles is 1. The summed E-state index contributed by atoms with van der Waals surface area (Å²) in [4.78, 5) is 2.27. The second kappa shape index (κ2) is 4.15. The average Bonchev–Trinajstić information content (AvgIpc) is 2.94. The first-order chi connectivity index (χ1) is 8.29. The molecule has 0 saturated heterocycles. The topological polar surface area (TPSA) is 44.9 Å². The van der Waals surface area contributed by atoms with E-state index in [4.69, 9.17) is 5.10 Å². The maximum Gasteiger partial charge on any atom is 0.143 e. The summed E-state index contributed by atoms with van der Waals surface area (Å²) < 4.78 is 2.02. The van der Waals surface area contributed by atoms with Gasteiger partial charge in [-0.15, -0.1) is 0 Å². The fourth-order valence-corrected chi connectivity index (χ4v) is 3.06. The average molecular weight is 230 g/mol. The Labute approximate surface area is 102 Å². The quantitative estimate of drug-likeness (QED) is 0.739. The van der Waals surface area contributed by atoms with Crippen molar-refractivity contribution in [2.45, 2.75) is 44.7 Å². The highest BCUT2D eigenvalue weighted by molar-refractivity contribution is 5.37. The fraction of sp³-hybridized carbons (Fsp3) is 0.692. The van der Waals surface area contributed by atoms with Gasteiger partial charge < -0.3 is 4.90 Å². The molecular formula is C13H18N4. The van der Waals surface area contributed by atoms with Crippen LogP contribution in [0.5, 0.6) is 0 Å². The lowest BCUT2D eigenvalue weighted by Gasteiger charge is -2.21. The van der Waals surface area contributed by atoms with Crippen molar-refractivity contribution in [3.8, 4) is 6.07 Å². The normalized spacial score (nSPS) is 21.4. The maximum absolute atomic E-state index is 9.38. The van der Waals surface area contributed by atoms with Crippen LogP contribution in [-0.2, 0) is 13.0 Å². The third kappa shape index (κ3) is 1.75. The largest absolute Gasteiger partial charge is 0.302 e. The molecule has 2 aliphatic rings. The Bertz CT molecular complexity index is 462. The maximum atomic E-state index is 9.38. The van der Waals surface area contributed by atoms with Crippen molar-refractivity contribution < 1.29 is 0 Å². The molecular weight excluding hydrogens is 212 g/mol. The zero-order chi connectivity index (χ0) is 11.8. The van der Waals surface area contributed by atoms with Crippen molar-refractivity contribution in [3.63, 3.8) is 0 Å². The Morgan fingerprint density at radius 2 is 2.12 bits per heavy atom. The van der Waals surface area contributed by atoms with Crippen molar-refractivity contribution in [3.05, 3.63) is 17.0 Å². The number of nitrogens with zero attached hydrogens (tertiary/aromatic N) is 4. The number of hydrogen-bond acceptors (Lipinski definition) is 3. The lowest BCUT2D eigenvalue weighted by molar-refractivity contribution is 0.311. The monoisotopic (exact) mass is 230 g/mol. The summed E-state index contributed by atoms with van der Waals surface area (Å²) in [5.41, 5.74) is 3.15. The van der Waals surface area contributed by atoms with Gasteiger partial charge in [-0.2, -0.15) is 10.4 Å². The van der Waals surface area contributed by atoms with Crippen LogP contribution in [0.25, 0.3) is 0 Å². The molecule has 0 unspecified atom stereocenters. The van der Waals surface area contributed by atoms with E-state index in [-0.39, 0.29) is 0 Å². The highest BCUT2D eigenvalue weighted by atomic mass is 15.3. The molecule has 4 nitrogen and oxygen atoms in total. The summed E-state index contributed by atoms with van der Waals surface area (Å²) in [7, 11) is 2.11. The first-order valence-corrected chi connectivity index (χ1v) is 6.48. The molecule has 1 aromatic rings. The Balaban J connectivity index is 2.02. The summed E-state index contributed by atoms with van der Waals surface area (Å²) >= 11 is 0. The van der Waals surface area contributed by atoms with Gasteiger partial charge in [0.2, 0.25) is 0 Å². The van der Waals surface area contributed by atoms with Crippen LogP contribution in [0, 0.1) is 11.3 Å². The van der Waals surface area contributed by atoms with Crippen molar-refractivity contribution in [2.24, 2.45) is 0 Å². The summed E-state index contributed by atoms with van der Waals surface area (Å²) in [5.74, 6) is 0. The summed E-state index contributed by atoms with van der Waals surface area (Å²) in [6, 6.07) is 2.85. The van der Waals surface area contributed by atoms with Gasteiger partial charge in [0.25, 0.3) is 0 Å². The van der Waals surface area contributed by atoms with Crippen LogP contribution < -0.4 is 0 Å². The lowest BCUT2D eigenvalue weighted by atomic mass is 10.1. The zero-order valence-corrected chi connectivity index (χ0v) is 10.3. The van der Waals surface area contributed by atoms with Gasteiger partial charge in [-0.1, -0.05) is 12.8 Å². The van der Waals surface area contributed by atoms with E-state index >= 15 is 0 Å². The number of likely N-dealkylation sites (N-methyl/N-ethyl adjacent to an activating group) is 1. The van der Waals surface area contributed by atoms with Crippen LogP contribution in [0.1, 0.15) is 48.7 Å². The second-order valence-electron chi connectivity index (χ2n) is 5.26. The van der Waals surface area contributed by atoms with Crippen molar-refractivity contribution in [1.29, 1.82) is 5.26 Å². The third-order valence-electron chi connectivity index (χ3n) is 4.03. The molecule has 1 saturated carbocycles. The molecule has 3 rings (SSSR count). The Morgan fingerprint density at radius 3 is 2.82 bits per heavy atom. The Hall–Kier alpha value is -1.34. The molecule has 0 bridgehead atoms. The predicted octanol–water partition coefficient (Wildman–Crippen LogP) is 1.86. The molecule has 0 aromatic carbocycles. The molecule has 0 spiro atoms. The molecule has 0 N–H and O–H groups in total. The van der Waals surface area contributed by atoms with Gasteiger partial charge in [0.05, 0.1) is 11.7 Å². The molecule has 0 radical (unpaired) electrons. The minimum Gasteiger partial charge on any atom is -0.302 e. The Morgan fingerprint density at radius 1 is 1.35 bits per heavy atom. The molecule has 4 heteroatoms. The van der Waals surface area contributed by atoms with E-state index in [0.29, 0.717) is 6.04 Å². The predicted molar refractivity (Wildman–Crippen MR) is 64.5 cm³/mol. The van der Waals surface area contributed by atoms with Crippen LogP contribution >= 0.6 is 0 Å². The summed E-state index contributed by atoms with van der Waals surface area (Å²) in [5, 5.41) is 14.1. The molecule has 0 amide bonds. The molecule has 1 aromatic heterocycles. The minimum atomic E-state index is 0.473. The van der Waals surface area contributed by atoms with Gasteiger partial charge in [-0.05, 0) is 19.9 Å². The minimum absolute atomic E-state index is 0.473. The molecule has 1 aliphatic carbocycles. The van der Waals surface area contributed by atoms with Gasteiger partial charge >= 0.3 is 0 Å². The van der Waals surface area contributed by atoms with Gasteiger partial charge in [-0.25, -0.2) is 0 Å². The number of fused-ring (bicyclic) bond motifs is 1. The molecule has 90 valence electrons. The van der Waals surface area contributed by atoms with Gasteiger partial charge in [0.15, 0.2) is 0 Å². The molecule has 1 aliphatic heterocycles. The second-order valence-corrected chi connectivity index (χ2v) is 5.26. The van der Waals surface area contributed by atoms with E-state index in [2.05, 4.69) is 18.0 Å².